The molecule has 0 saturated carbocycles. The van der Waals surface area contributed by atoms with E-state index in [9.17, 15) is 0 Å². The molecule has 0 unspecified atom stereocenters. The van der Waals surface area contributed by atoms with Gasteiger partial charge in [-0.15, -0.1) is 0 Å². The topological polar surface area (TPSA) is 67.9 Å². The molecule has 0 aliphatic carbocycles. The summed E-state index contributed by atoms with van der Waals surface area (Å²) in [5.74, 6) is 1.76. The number of hydrogen-bond acceptors (Lipinski definition) is 6. The summed E-state index contributed by atoms with van der Waals surface area (Å²) >= 11 is 0. The fourth-order valence-corrected chi connectivity index (χ4v) is 5.53. The molecule has 0 aromatic heterocycles. The highest BCUT2D eigenvalue weighted by Crippen LogP contribution is 2.24. The van der Waals surface area contributed by atoms with Crippen molar-refractivity contribution < 1.29 is 9.47 Å². The Balaban J connectivity index is 0.985. The summed E-state index contributed by atoms with van der Waals surface area (Å²) in [6.45, 7) is 5.95. The van der Waals surface area contributed by atoms with E-state index >= 15 is 0 Å². The van der Waals surface area contributed by atoms with Crippen LogP contribution in [0.4, 0.5) is 22.7 Å². The maximum atomic E-state index is 5.94. The SMILES string of the molecule is CCCCCc1ccc(N=Nc2ccc(OCCCCCCCCCOc3ccc(N=Nc4ccc(CCCCC)cc4)cc3)cc2)cc1. The van der Waals surface area contributed by atoms with Crippen molar-refractivity contribution in [2.45, 2.75) is 110 Å². The minimum absolute atomic E-state index is 0.742. The molecule has 0 bridgehead atoms. The zero-order valence-corrected chi connectivity index (χ0v) is 29.9. The first-order valence-electron chi connectivity index (χ1n) is 18.7. The molecule has 4 aromatic rings. The number of aryl methyl sites for hydroxylation is 2. The van der Waals surface area contributed by atoms with E-state index < -0.39 is 0 Å². The van der Waals surface area contributed by atoms with E-state index in [4.69, 9.17) is 9.47 Å². The number of unbranched alkanes of at least 4 members (excludes halogenated alkanes) is 10. The van der Waals surface area contributed by atoms with Gasteiger partial charge in [0.25, 0.3) is 0 Å². The molecule has 0 aliphatic rings. The van der Waals surface area contributed by atoms with Crippen LogP contribution in [0.5, 0.6) is 11.5 Å². The average molecular weight is 661 g/mol. The lowest BCUT2D eigenvalue weighted by atomic mass is 10.1. The third-order valence-corrected chi connectivity index (χ3v) is 8.57. The van der Waals surface area contributed by atoms with Gasteiger partial charge in [-0.05, 0) is 122 Å². The van der Waals surface area contributed by atoms with E-state index in [0.717, 1.165) is 73.1 Å². The Bertz CT molecular complexity index is 1370. The molecule has 4 aromatic carbocycles. The Kier molecular flexibility index (Phi) is 17.7. The van der Waals surface area contributed by atoms with Crippen LogP contribution in [0.1, 0.15) is 108 Å². The van der Waals surface area contributed by atoms with Crippen LogP contribution >= 0.6 is 0 Å². The molecular weight excluding hydrogens is 604 g/mol. The van der Waals surface area contributed by atoms with Gasteiger partial charge in [0.05, 0.1) is 36.0 Å². The predicted octanol–water partition coefficient (Wildman–Crippen LogP) is 14.2. The highest BCUT2D eigenvalue weighted by molar-refractivity contribution is 5.44. The second-order valence-electron chi connectivity index (χ2n) is 12.8. The molecule has 0 aliphatic heterocycles. The number of azo groups is 2. The largest absolute Gasteiger partial charge is 0.494 e. The summed E-state index contributed by atoms with van der Waals surface area (Å²) < 4.78 is 11.9. The molecule has 0 N–H and O–H groups in total. The smallest absolute Gasteiger partial charge is 0.119 e. The quantitative estimate of drug-likeness (QED) is 0.0554. The number of rotatable bonds is 24. The predicted molar refractivity (Wildman–Crippen MR) is 204 cm³/mol. The minimum atomic E-state index is 0.742. The van der Waals surface area contributed by atoms with Gasteiger partial charge in [0.1, 0.15) is 11.5 Å². The molecule has 260 valence electrons. The van der Waals surface area contributed by atoms with Crippen molar-refractivity contribution in [3.05, 3.63) is 108 Å². The monoisotopic (exact) mass is 660 g/mol. The Morgan fingerprint density at radius 2 is 0.653 bits per heavy atom. The van der Waals surface area contributed by atoms with Gasteiger partial charge in [0, 0.05) is 0 Å². The fraction of sp³-hybridized carbons (Fsp3) is 0.442. The van der Waals surface area contributed by atoms with Crippen LogP contribution in [0.3, 0.4) is 0 Å². The molecule has 0 fully saturated rings. The Morgan fingerprint density at radius 3 is 0.980 bits per heavy atom. The van der Waals surface area contributed by atoms with Crippen LogP contribution in [0.15, 0.2) is 118 Å². The van der Waals surface area contributed by atoms with E-state index in [-0.39, 0.29) is 0 Å². The molecule has 6 nitrogen and oxygen atoms in total. The summed E-state index contributed by atoms with van der Waals surface area (Å²) in [7, 11) is 0. The van der Waals surface area contributed by atoms with Crippen LogP contribution in [-0.2, 0) is 12.8 Å². The van der Waals surface area contributed by atoms with Gasteiger partial charge in [0.15, 0.2) is 0 Å². The number of hydrogen-bond donors (Lipinski definition) is 0. The molecule has 0 radical (unpaired) electrons. The Labute approximate surface area is 295 Å². The number of ether oxygens (including phenoxy) is 2. The van der Waals surface area contributed by atoms with Crippen molar-refractivity contribution >= 4 is 22.7 Å². The Hall–Kier alpha value is -4.32. The highest BCUT2D eigenvalue weighted by atomic mass is 16.5. The van der Waals surface area contributed by atoms with Crippen LogP contribution in [0.25, 0.3) is 0 Å². The van der Waals surface area contributed by atoms with Crippen LogP contribution in [0, 0.1) is 0 Å². The van der Waals surface area contributed by atoms with E-state index in [1.54, 1.807) is 0 Å². The fourth-order valence-electron chi connectivity index (χ4n) is 5.53. The lowest BCUT2D eigenvalue weighted by Gasteiger charge is -2.07. The summed E-state index contributed by atoms with van der Waals surface area (Å²) in [5.41, 5.74) is 6.15. The van der Waals surface area contributed by atoms with Gasteiger partial charge < -0.3 is 9.47 Å². The summed E-state index contributed by atoms with van der Waals surface area (Å²) in [6.07, 6.45) is 18.0. The number of benzene rings is 4. The van der Waals surface area contributed by atoms with Crippen molar-refractivity contribution in [3.63, 3.8) is 0 Å². The molecule has 6 heteroatoms. The van der Waals surface area contributed by atoms with Gasteiger partial charge >= 0.3 is 0 Å². The summed E-state index contributed by atoms with van der Waals surface area (Å²) in [4.78, 5) is 0. The second kappa shape index (κ2) is 23.1. The van der Waals surface area contributed by atoms with E-state index in [1.165, 1.54) is 81.8 Å². The summed E-state index contributed by atoms with van der Waals surface area (Å²) in [6, 6.07) is 32.5. The maximum absolute atomic E-state index is 5.94. The van der Waals surface area contributed by atoms with Crippen LogP contribution in [-0.4, -0.2) is 13.2 Å². The van der Waals surface area contributed by atoms with Crippen molar-refractivity contribution in [1.29, 1.82) is 0 Å². The first-order valence-corrected chi connectivity index (χ1v) is 18.7. The van der Waals surface area contributed by atoms with Crippen molar-refractivity contribution in [3.8, 4) is 11.5 Å². The molecular formula is C43H56N4O2. The zero-order valence-electron chi connectivity index (χ0n) is 29.9. The van der Waals surface area contributed by atoms with Gasteiger partial charge in [-0.3, -0.25) is 0 Å². The second-order valence-corrected chi connectivity index (χ2v) is 12.8. The third kappa shape index (κ3) is 15.6. The molecule has 0 heterocycles. The first-order chi connectivity index (χ1) is 24.2. The van der Waals surface area contributed by atoms with Crippen molar-refractivity contribution in [1.82, 2.24) is 0 Å². The lowest BCUT2D eigenvalue weighted by molar-refractivity contribution is 0.299. The van der Waals surface area contributed by atoms with Crippen LogP contribution in [0.2, 0.25) is 0 Å². The van der Waals surface area contributed by atoms with Gasteiger partial charge in [-0.25, -0.2) is 0 Å². The molecule has 0 spiro atoms. The molecule has 49 heavy (non-hydrogen) atoms. The zero-order chi connectivity index (χ0) is 34.2. The van der Waals surface area contributed by atoms with E-state index in [1.807, 2.05) is 72.8 Å². The molecule has 0 atom stereocenters. The van der Waals surface area contributed by atoms with Gasteiger partial charge in [0.2, 0.25) is 0 Å². The van der Waals surface area contributed by atoms with Gasteiger partial charge in [-0.2, -0.15) is 20.5 Å². The molecule has 4 rings (SSSR count). The van der Waals surface area contributed by atoms with Crippen molar-refractivity contribution in [2.24, 2.45) is 20.5 Å². The average Bonchev–Trinajstić information content (AvgIpc) is 3.14. The van der Waals surface area contributed by atoms with Gasteiger partial charge in [-0.1, -0.05) is 95.9 Å². The first kappa shape index (κ1) is 37.5. The minimum Gasteiger partial charge on any atom is -0.494 e. The third-order valence-electron chi connectivity index (χ3n) is 8.57. The standard InChI is InChI=1S/C43H56N4O2/c1-3-5-12-16-36-18-22-38(23-19-36)44-46-40-26-30-42(31-27-40)48-34-14-10-8-7-9-11-15-35-49-43-32-28-41(29-33-43)47-45-39-24-20-37(21-25-39)17-13-6-4-2/h18-33H,3-17,34-35H2,1-2H3. The Morgan fingerprint density at radius 1 is 0.347 bits per heavy atom. The molecule has 0 amide bonds. The maximum Gasteiger partial charge on any atom is 0.119 e. The highest BCUT2D eigenvalue weighted by Gasteiger charge is 2.00. The van der Waals surface area contributed by atoms with E-state index in [2.05, 4.69) is 58.6 Å². The molecule has 0 saturated heterocycles. The lowest BCUT2D eigenvalue weighted by Crippen LogP contribution is -1.98. The van der Waals surface area contributed by atoms with E-state index in [0.29, 0.717) is 0 Å². The normalized spacial score (nSPS) is 11.5. The number of nitrogens with zero attached hydrogens (tertiary/aromatic N) is 4. The summed E-state index contributed by atoms with van der Waals surface area (Å²) in [5, 5.41) is 17.5. The van der Waals surface area contributed by atoms with Crippen molar-refractivity contribution in [2.75, 3.05) is 13.2 Å². The van der Waals surface area contributed by atoms with Crippen LogP contribution < -0.4 is 9.47 Å².